The first-order chi connectivity index (χ1) is 11.7. The van der Waals surface area contributed by atoms with Crippen molar-refractivity contribution in [3.05, 3.63) is 46.8 Å². The van der Waals surface area contributed by atoms with Crippen LogP contribution >= 0.6 is 11.3 Å². The van der Waals surface area contributed by atoms with Crippen molar-refractivity contribution >= 4 is 17.3 Å². The number of hydrogen-bond acceptors (Lipinski definition) is 3. The minimum absolute atomic E-state index is 0.261. The van der Waals surface area contributed by atoms with Gasteiger partial charge < -0.3 is 4.74 Å². The first-order valence-electron chi connectivity index (χ1n) is 8.98. The average molecular weight is 357 g/mol. The Kier molecular flexibility index (Phi) is 4.80. The molecule has 0 N–H and O–H groups in total. The van der Waals surface area contributed by atoms with Crippen molar-refractivity contribution in [2.75, 3.05) is 7.11 Å². The zero-order chi connectivity index (χ0) is 18.2. The molecule has 134 valence electrons. The molecule has 2 nitrogen and oxygen atoms in total. The Labute approximate surface area is 155 Å². The van der Waals surface area contributed by atoms with E-state index >= 15 is 0 Å². The number of carbonyl (C=O) groups excluding carboxylic acids is 1. The maximum Gasteiger partial charge on any atom is 0.348 e. The molecule has 25 heavy (non-hydrogen) atoms. The van der Waals surface area contributed by atoms with Gasteiger partial charge in [0.25, 0.3) is 0 Å². The third-order valence-corrected chi connectivity index (χ3v) is 6.30. The monoisotopic (exact) mass is 356 g/mol. The fraction of sp³-hybridized carbons (Fsp3) is 0.500. The molecule has 0 radical (unpaired) electrons. The Balaban J connectivity index is 1.89. The van der Waals surface area contributed by atoms with Crippen LogP contribution in [0.2, 0.25) is 0 Å². The van der Waals surface area contributed by atoms with E-state index in [9.17, 15) is 4.79 Å². The van der Waals surface area contributed by atoms with Crippen molar-refractivity contribution in [2.24, 2.45) is 10.8 Å². The van der Waals surface area contributed by atoms with Gasteiger partial charge in [-0.25, -0.2) is 4.79 Å². The van der Waals surface area contributed by atoms with E-state index in [0.29, 0.717) is 21.6 Å². The van der Waals surface area contributed by atoms with Gasteiger partial charge in [0.1, 0.15) is 4.88 Å². The smallest absolute Gasteiger partial charge is 0.348 e. The van der Waals surface area contributed by atoms with Crippen molar-refractivity contribution < 1.29 is 9.53 Å². The number of esters is 1. The number of benzene rings is 1. The van der Waals surface area contributed by atoms with Gasteiger partial charge in [0, 0.05) is 4.88 Å². The second-order valence-corrected chi connectivity index (χ2v) is 9.98. The van der Waals surface area contributed by atoms with Crippen LogP contribution in [-0.4, -0.2) is 13.1 Å². The van der Waals surface area contributed by atoms with Gasteiger partial charge in [0.2, 0.25) is 0 Å². The van der Waals surface area contributed by atoms with E-state index < -0.39 is 0 Å². The quantitative estimate of drug-likeness (QED) is 0.585. The summed E-state index contributed by atoms with van der Waals surface area (Å²) in [4.78, 5) is 13.5. The van der Waals surface area contributed by atoms with Crippen LogP contribution in [0.1, 0.15) is 68.1 Å². The van der Waals surface area contributed by atoms with Crippen molar-refractivity contribution in [1.82, 2.24) is 0 Å². The molecule has 3 heteroatoms. The second-order valence-electron chi connectivity index (χ2n) is 8.89. The molecule has 0 atom stereocenters. The molecule has 0 bridgehead atoms. The van der Waals surface area contributed by atoms with Crippen LogP contribution in [0.4, 0.5) is 0 Å². The number of carbonyl (C=O) groups is 1. The highest BCUT2D eigenvalue weighted by molar-refractivity contribution is 7.17. The van der Waals surface area contributed by atoms with Crippen LogP contribution in [0.5, 0.6) is 0 Å². The lowest BCUT2D eigenvalue weighted by Crippen LogP contribution is -2.32. The van der Waals surface area contributed by atoms with Gasteiger partial charge in [-0.05, 0) is 59.3 Å². The summed E-state index contributed by atoms with van der Waals surface area (Å²) in [6, 6.07) is 12.7. The molecule has 0 aliphatic heterocycles. The van der Waals surface area contributed by atoms with Crippen LogP contribution < -0.4 is 0 Å². The molecule has 3 rings (SSSR count). The van der Waals surface area contributed by atoms with E-state index in [-0.39, 0.29) is 5.97 Å². The fourth-order valence-corrected chi connectivity index (χ4v) is 5.65. The first kappa shape index (κ1) is 18.2. The summed E-state index contributed by atoms with van der Waals surface area (Å²) in [7, 11) is 1.43. The standard InChI is InChI=1S/C22H28O2S/c1-21(2)12-17(13-22(3,4)14-21)15-7-6-8-16(11-15)18-9-10-19(25-18)20(23)24-5/h6-11,17H,12-14H2,1-5H3. The Bertz CT molecular complexity index is 754. The highest BCUT2D eigenvalue weighted by Gasteiger charge is 2.38. The zero-order valence-electron chi connectivity index (χ0n) is 15.9. The van der Waals surface area contributed by atoms with Crippen LogP contribution in [0.15, 0.2) is 36.4 Å². The van der Waals surface area contributed by atoms with Crippen molar-refractivity contribution in [2.45, 2.75) is 52.9 Å². The molecule has 1 aromatic carbocycles. The summed E-state index contributed by atoms with van der Waals surface area (Å²) < 4.78 is 4.82. The predicted octanol–water partition coefficient (Wildman–Crippen LogP) is 6.52. The summed E-state index contributed by atoms with van der Waals surface area (Å²) >= 11 is 1.50. The first-order valence-corrected chi connectivity index (χ1v) is 9.79. The third kappa shape index (κ3) is 4.14. The van der Waals surface area contributed by atoms with Crippen LogP contribution in [-0.2, 0) is 4.74 Å². The van der Waals surface area contributed by atoms with Crippen LogP contribution in [0, 0.1) is 10.8 Å². The minimum atomic E-state index is -0.261. The van der Waals surface area contributed by atoms with Gasteiger partial charge in [-0.3, -0.25) is 0 Å². The highest BCUT2D eigenvalue weighted by atomic mass is 32.1. The molecule has 1 aromatic heterocycles. The lowest BCUT2D eigenvalue weighted by Gasteiger charge is -2.45. The maximum absolute atomic E-state index is 11.7. The van der Waals surface area contributed by atoms with E-state index in [0.717, 1.165) is 4.88 Å². The van der Waals surface area contributed by atoms with Crippen molar-refractivity contribution in [3.8, 4) is 10.4 Å². The van der Waals surface area contributed by atoms with Gasteiger partial charge >= 0.3 is 5.97 Å². The Morgan fingerprint density at radius 1 is 1.08 bits per heavy atom. The van der Waals surface area contributed by atoms with E-state index in [1.165, 1.54) is 48.8 Å². The molecule has 0 spiro atoms. The zero-order valence-corrected chi connectivity index (χ0v) is 16.7. The largest absolute Gasteiger partial charge is 0.465 e. The number of ether oxygens (including phenoxy) is 1. The Morgan fingerprint density at radius 2 is 1.76 bits per heavy atom. The fourth-order valence-electron chi connectivity index (χ4n) is 4.73. The molecular weight excluding hydrogens is 328 g/mol. The highest BCUT2D eigenvalue weighted by Crippen LogP contribution is 2.52. The summed E-state index contributed by atoms with van der Waals surface area (Å²) in [6.45, 7) is 9.58. The van der Waals surface area contributed by atoms with Gasteiger partial charge in [-0.2, -0.15) is 0 Å². The van der Waals surface area contributed by atoms with E-state index in [2.05, 4.69) is 52.0 Å². The average Bonchev–Trinajstić information content (AvgIpc) is 3.01. The van der Waals surface area contributed by atoms with E-state index in [4.69, 9.17) is 4.74 Å². The van der Waals surface area contributed by atoms with E-state index in [1.807, 2.05) is 12.1 Å². The molecule has 1 saturated carbocycles. The molecule has 0 amide bonds. The summed E-state index contributed by atoms with van der Waals surface area (Å²) in [5.74, 6) is 0.335. The molecule has 0 unspecified atom stereocenters. The van der Waals surface area contributed by atoms with Gasteiger partial charge in [0.05, 0.1) is 7.11 Å². The molecular formula is C22H28O2S. The normalized spacial score (nSPS) is 19.6. The molecule has 0 saturated heterocycles. The van der Waals surface area contributed by atoms with Crippen LogP contribution in [0.25, 0.3) is 10.4 Å². The molecule has 1 heterocycles. The summed E-state index contributed by atoms with van der Waals surface area (Å²) in [5, 5.41) is 0. The summed E-state index contributed by atoms with van der Waals surface area (Å²) in [5.41, 5.74) is 3.37. The second kappa shape index (κ2) is 6.60. The SMILES string of the molecule is COC(=O)c1ccc(-c2cccc(C3CC(C)(C)CC(C)(C)C3)c2)s1. The Hall–Kier alpha value is -1.61. The lowest BCUT2D eigenvalue weighted by atomic mass is 9.60. The van der Waals surface area contributed by atoms with Crippen molar-refractivity contribution in [1.29, 1.82) is 0 Å². The van der Waals surface area contributed by atoms with Gasteiger partial charge in [-0.15, -0.1) is 11.3 Å². The maximum atomic E-state index is 11.7. The summed E-state index contributed by atoms with van der Waals surface area (Å²) in [6.07, 6.45) is 3.75. The number of methoxy groups -OCH3 is 1. The topological polar surface area (TPSA) is 26.3 Å². The predicted molar refractivity (Wildman–Crippen MR) is 105 cm³/mol. The molecule has 2 aromatic rings. The van der Waals surface area contributed by atoms with Gasteiger partial charge in [-0.1, -0.05) is 52.0 Å². The number of rotatable bonds is 3. The Morgan fingerprint density at radius 3 is 2.40 bits per heavy atom. The number of thiophene rings is 1. The van der Waals surface area contributed by atoms with Crippen molar-refractivity contribution in [3.63, 3.8) is 0 Å². The lowest BCUT2D eigenvalue weighted by molar-refractivity contribution is 0.0606. The van der Waals surface area contributed by atoms with Gasteiger partial charge in [0.15, 0.2) is 0 Å². The molecule has 1 fully saturated rings. The third-order valence-electron chi connectivity index (χ3n) is 5.19. The minimum Gasteiger partial charge on any atom is -0.465 e. The molecule has 1 aliphatic carbocycles. The molecule has 1 aliphatic rings. The van der Waals surface area contributed by atoms with Crippen LogP contribution in [0.3, 0.4) is 0 Å². The van der Waals surface area contributed by atoms with E-state index in [1.54, 1.807) is 0 Å². The number of hydrogen-bond donors (Lipinski definition) is 0.